The summed E-state index contributed by atoms with van der Waals surface area (Å²) in [5.74, 6) is 0. The van der Waals surface area contributed by atoms with Crippen molar-refractivity contribution in [2.45, 2.75) is 31.4 Å². The highest BCUT2D eigenvalue weighted by molar-refractivity contribution is 6.34. The average Bonchev–Trinajstić information content (AvgIpc) is 2.69. The Hall–Kier alpha value is -1.10. The van der Waals surface area contributed by atoms with Crippen LogP contribution in [0.5, 0.6) is 0 Å². The van der Waals surface area contributed by atoms with E-state index in [2.05, 4.69) is 15.5 Å². The van der Waals surface area contributed by atoms with Gasteiger partial charge in [-0.05, 0) is 24.5 Å². The molecule has 3 N–H and O–H groups in total. The number of hydrogen-bond donors (Lipinski definition) is 3. The lowest BCUT2D eigenvalue weighted by Crippen LogP contribution is -2.37. The molecule has 96 valence electrons. The van der Waals surface area contributed by atoms with E-state index in [1.54, 1.807) is 0 Å². The molecule has 0 aliphatic heterocycles. The zero-order valence-corrected chi connectivity index (χ0v) is 10.7. The Morgan fingerprint density at radius 2 is 2.33 bits per heavy atom. The van der Waals surface area contributed by atoms with Crippen LogP contribution in [0.2, 0.25) is 5.15 Å². The van der Waals surface area contributed by atoms with E-state index in [1.165, 1.54) is 19.3 Å². The van der Waals surface area contributed by atoms with Gasteiger partial charge in [0.15, 0.2) is 0 Å². The number of nitrogens with zero attached hydrogens (tertiary/aromatic N) is 1. The molecular weight excluding hydrogens is 250 g/mol. The number of aromatic nitrogens is 2. The monoisotopic (exact) mass is 265 g/mol. The van der Waals surface area contributed by atoms with E-state index < -0.39 is 6.10 Å². The maximum absolute atomic E-state index is 10.3. The number of hydrogen-bond acceptors (Lipinski definition) is 3. The van der Waals surface area contributed by atoms with Crippen LogP contribution < -0.4 is 5.32 Å². The van der Waals surface area contributed by atoms with Gasteiger partial charge in [-0.1, -0.05) is 30.2 Å². The largest absolute Gasteiger partial charge is 0.387 e. The summed E-state index contributed by atoms with van der Waals surface area (Å²) in [6, 6.07) is 6.24. The number of aliphatic hydroxyl groups excluding tert-OH is 1. The molecule has 2 aromatic rings. The molecule has 5 heteroatoms. The number of fused-ring (bicyclic) bond motifs is 1. The number of aromatic amines is 1. The van der Waals surface area contributed by atoms with Crippen LogP contribution in [-0.4, -0.2) is 27.9 Å². The summed E-state index contributed by atoms with van der Waals surface area (Å²) in [6.07, 6.45) is 3.16. The maximum atomic E-state index is 10.3. The van der Waals surface area contributed by atoms with Crippen molar-refractivity contribution in [2.24, 2.45) is 0 Å². The first-order chi connectivity index (χ1) is 8.75. The molecule has 1 atom stereocenters. The van der Waals surface area contributed by atoms with Crippen molar-refractivity contribution in [2.75, 3.05) is 6.54 Å². The summed E-state index contributed by atoms with van der Waals surface area (Å²) in [6.45, 7) is 0.561. The van der Waals surface area contributed by atoms with Crippen LogP contribution in [0.15, 0.2) is 18.2 Å². The topological polar surface area (TPSA) is 60.9 Å². The van der Waals surface area contributed by atoms with Crippen molar-refractivity contribution in [3.63, 3.8) is 0 Å². The maximum Gasteiger partial charge on any atom is 0.132 e. The van der Waals surface area contributed by atoms with E-state index in [9.17, 15) is 5.11 Å². The lowest BCUT2D eigenvalue weighted by molar-refractivity contribution is 0.162. The zero-order chi connectivity index (χ0) is 12.5. The zero-order valence-electron chi connectivity index (χ0n) is 9.99. The first kappa shape index (κ1) is 12.0. The Kier molecular flexibility index (Phi) is 3.24. The van der Waals surface area contributed by atoms with Crippen LogP contribution in [0.25, 0.3) is 10.9 Å². The van der Waals surface area contributed by atoms with Crippen LogP contribution in [0, 0.1) is 0 Å². The van der Waals surface area contributed by atoms with Crippen molar-refractivity contribution < 1.29 is 5.11 Å². The summed E-state index contributed by atoms with van der Waals surface area (Å²) in [5, 5.41) is 21.8. The minimum Gasteiger partial charge on any atom is -0.387 e. The minimum atomic E-state index is -0.551. The quantitative estimate of drug-likeness (QED) is 0.796. The first-order valence-corrected chi connectivity index (χ1v) is 6.67. The van der Waals surface area contributed by atoms with Crippen LogP contribution in [0.1, 0.15) is 30.9 Å². The molecule has 0 unspecified atom stereocenters. The molecule has 0 spiro atoms. The Morgan fingerprint density at radius 1 is 1.50 bits per heavy atom. The van der Waals surface area contributed by atoms with E-state index in [1.807, 2.05) is 18.2 Å². The highest BCUT2D eigenvalue weighted by atomic mass is 35.5. The number of nitrogens with one attached hydrogen (secondary N) is 2. The molecule has 1 aromatic heterocycles. The Balaban J connectivity index is 1.81. The molecule has 1 saturated carbocycles. The predicted molar refractivity (Wildman–Crippen MR) is 71.7 cm³/mol. The molecule has 0 bridgehead atoms. The fourth-order valence-electron chi connectivity index (χ4n) is 2.33. The van der Waals surface area contributed by atoms with E-state index in [4.69, 9.17) is 11.6 Å². The first-order valence-electron chi connectivity index (χ1n) is 6.29. The summed E-state index contributed by atoms with van der Waals surface area (Å²) < 4.78 is 0. The van der Waals surface area contributed by atoms with Gasteiger partial charge in [-0.2, -0.15) is 5.10 Å². The van der Waals surface area contributed by atoms with Crippen molar-refractivity contribution >= 4 is 22.5 Å². The Labute approximate surface area is 110 Å². The van der Waals surface area contributed by atoms with Gasteiger partial charge >= 0.3 is 0 Å². The van der Waals surface area contributed by atoms with Crippen molar-refractivity contribution in [1.29, 1.82) is 0 Å². The molecular formula is C13H16ClN3O. The lowest BCUT2D eigenvalue weighted by Gasteiger charge is -2.27. The second-order valence-corrected chi connectivity index (χ2v) is 5.21. The SMILES string of the molecule is O[C@@H](CNC1CCC1)c1cccc2n[nH]c(Cl)c12. The normalized spacial score (nSPS) is 17.9. The van der Waals surface area contributed by atoms with Gasteiger partial charge in [0, 0.05) is 18.0 Å². The summed E-state index contributed by atoms with van der Waals surface area (Å²) in [4.78, 5) is 0. The lowest BCUT2D eigenvalue weighted by atomic mass is 9.93. The van der Waals surface area contributed by atoms with Crippen LogP contribution >= 0.6 is 11.6 Å². The number of aliphatic hydroxyl groups is 1. The second kappa shape index (κ2) is 4.88. The molecule has 0 amide bonds. The minimum absolute atomic E-state index is 0.489. The number of benzene rings is 1. The highest BCUT2D eigenvalue weighted by Crippen LogP contribution is 2.29. The van der Waals surface area contributed by atoms with Gasteiger partial charge in [0.1, 0.15) is 5.15 Å². The molecule has 4 nitrogen and oxygen atoms in total. The predicted octanol–water partition coefficient (Wildman–Crippen LogP) is 2.39. The van der Waals surface area contributed by atoms with Gasteiger partial charge in [-0.3, -0.25) is 5.10 Å². The number of rotatable bonds is 4. The van der Waals surface area contributed by atoms with Crippen molar-refractivity contribution in [1.82, 2.24) is 15.5 Å². The average molecular weight is 266 g/mol. The third kappa shape index (κ3) is 2.11. The summed E-state index contributed by atoms with van der Waals surface area (Å²) in [5.41, 5.74) is 1.62. The molecule has 1 heterocycles. The molecule has 0 saturated heterocycles. The van der Waals surface area contributed by atoms with E-state index in [0.717, 1.165) is 16.5 Å². The molecule has 0 radical (unpaired) electrons. The van der Waals surface area contributed by atoms with E-state index >= 15 is 0 Å². The van der Waals surface area contributed by atoms with Gasteiger partial charge in [0.2, 0.25) is 0 Å². The molecule has 3 rings (SSSR count). The van der Waals surface area contributed by atoms with Crippen LogP contribution in [-0.2, 0) is 0 Å². The molecule has 1 aliphatic carbocycles. The highest BCUT2D eigenvalue weighted by Gasteiger charge is 2.20. The summed E-state index contributed by atoms with van der Waals surface area (Å²) in [7, 11) is 0. The van der Waals surface area contributed by atoms with Gasteiger partial charge in [-0.15, -0.1) is 0 Å². The van der Waals surface area contributed by atoms with Crippen LogP contribution in [0.4, 0.5) is 0 Å². The van der Waals surface area contributed by atoms with E-state index in [0.29, 0.717) is 17.7 Å². The van der Waals surface area contributed by atoms with Gasteiger partial charge in [-0.25, -0.2) is 0 Å². The molecule has 1 aliphatic rings. The fourth-order valence-corrected chi connectivity index (χ4v) is 2.58. The fraction of sp³-hybridized carbons (Fsp3) is 0.462. The Morgan fingerprint density at radius 3 is 3.06 bits per heavy atom. The molecule has 1 aromatic carbocycles. The third-order valence-corrected chi connectivity index (χ3v) is 3.91. The second-order valence-electron chi connectivity index (χ2n) is 4.83. The number of halogens is 1. The van der Waals surface area contributed by atoms with Gasteiger partial charge < -0.3 is 10.4 Å². The molecule has 1 fully saturated rings. The molecule has 18 heavy (non-hydrogen) atoms. The van der Waals surface area contributed by atoms with Gasteiger partial charge in [0.05, 0.1) is 11.6 Å². The third-order valence-electron chi connectivity index (χ3n) is 3.63. The van der Waals surface area contributed by atoms with Crippen molar-refractivity contribution in [3.05, 3.63) is 28.9 Å². The van der Waals surface area contributed by atoms with Crippen molar-refractivity contribution in [3.8, 4) is 0 Å². The van der Waals surface area contributed by atoms with Gasteiger partial charge in [0.25, 0.3) is 0 Å². The summed E-state index contributed by atoms with van der Waals surface area (Å²) >= 11 is 6.07. The van der Waals surface area contributed by atoms with E-state index in [-0.39, 0.29) is 0 Å². The number of H-pyrrole nitrogens is 1. The smallest absolute Gasteiger partial charge is 0.132 e. The van der Waals surface area contributed by atoms with Crippen LogP contribution in [0.3, 0.4) is 0 Å². The Bertz CT molecular complexity index is 550. The standard InChI is InChI=1S/C13H16ClN3O/c14-13-12-9(5-2-6-10(12)16-17-13)11(18)7-15-8-3-1-4-8/h2,5-6,8,11,15,18H,1,3-4,7H2,(H,16,17)/t11-/m0/s1.